The lowest BCUT2D eigenvalue weighted by atomic mass is 9.97. The number of carbonyl (C=O) groups is 2. The molecular formula is C17H23ClO3. The molecule has 0 saturated heterocycles. The van der Waals surface area contributed by atoms with Crippen LogP contribution in [-0.2, 0) is 4.74 Å². The van der Waals surface area contributed by atoms with Crippen molar-refractivity contribution in [3.05, 3.63) is 34.3 Å². The molecule has 0 aliphatic rings. The Kier molecular flexibility index (Phi) is 5.97. The maximum absolute atomic E-state index is 12.3. The number of ketones is 1. The Hall–Kier alpha value is -1.35. The third-order valence-corrected chi connectivity index (χ3v) is 3.62. The highest BCUT2D eigenvalue weighted by Crippen LogP contribution is 2.25. The summed E-state index contributed by atoms with van der Waals surface area (Å²) in [6, 6.07) is 4.65. The summed E-state index contributed by atoms with van der Waals surface area (Å²) in [7, 11) is 0. The largest absolute Gasteiger partial charge is 0.456 e. The SMILES string of the molecule is CC(=O)c1ccc(Cl)c(C(=O)OC(C)(C)CCC(C)C)c1. The minimum absolute atomic E-state index is 0.111. The Morgan fingerprint density at radius 2 is 1.90 bits per heavy atom. The van der Waals surface area contributed by atoms with E-state index in [9.17, 15) is 9.59 Å². The Morgan fingerprint density at radius 3 is 2.43 bits per heavy atom. The van der Waals surface area contributed by atoms with Gasteiger partial charge in [-0.25, -0.2) is 4.79 Å². The summed E-state index contributed by atoms with van der Waals surface area (Å²) >= 11 is 6.04. The molecule has 3 nitrogen and oxygen atoms in total. The zero-order chi connectivity index (χ0) is 16.2. The average molecular weight is 311 g/mol. The predicted molar refractivity (Wildman–Crippen MR) is 85.0 cm³/mol. The Labute approximate surface area is 131 Å². The molecule has 0 atom stereocenters. The van der Waals surface area contributed by atoms with Gasteiger partial charge in [0.15, 0.2) is 5.78 Å². The zero-order valence-electron chi connectivity index (χ0n) is 13.3. The molecule has 0 saturated carbocycles. The van der Waals surface area contributed by atoms with Crippen molar-refractivity contribution in [2.45, 2.75) is 53.1 Å². The van der Waals surface area contributed by atoms with Crippen molar-refractivity contribution in [2.75, 3.05) is 0 Å². The summed E-state index contributed by atoms with van der Waals surface area (Å²) in [6.07, 6.45) is 1.75. The predicted octanol–water partition coefficient (Wildman–Crippen LogP) is 4.91. The monoisotopic (exact) mass is 310 g/mol. The molecular weight excluding hydrogens is 288 g/mol. The summed E-state index contributed by atoms with van der Waals surface area (Å²) in [5, 5.41) is 0.296. The first-order valence-corrected chi connectivity index (χ1v) is 7.54. The highest BCUT2D eigenvalue weighted by molar-refractivity contribution is 6.33. The number of halogens is 1. The molecule has 1 aromatic rings. The zero-order valence-corrected chi connectivity index (χ0v) is 14.1. The summed E-state index contributed by atoms with van der Waals surface area (Å²) in [5.41, 5.74) is 0.130. The second-order valence-corrected chi connectivity index (χ2v) is 6.74. The van der Waals surface area contributed by atoms with Crippen molar-refractivity contribution in [1.29, 1.82) is 0 Å². The van der Waals surface area contributed by atoms with Crippen molar-refractivity contribution in [3.8, 4) is 0 Å². The maximum Gasteiger partial charge on any atom is 0.340 e. The van der Waals surface area contributed by atoms with Crippen molar-refractivity contribution in [1.82, 2.24) is 0 Å². The van der Waals surface area contributed by atoms with Crippen LogP contribution >= 0.6 is 11.6 Å². The first-order valence-electron chi connectivity index (χ1n) is 7.16. The first kappa shape index (κ1) is 17.7. The van der Waals surface area contributed by atoms with Crippen LogP contribution in [0.25, 0.3) is 0 Å². The van der Waals surface area contributed by atoms with Gasteiger partial charge in [-0.1, -0.05) is 25.4 Å². The Bertz CT molecular complexity index is 533. The van der Waals surface area contributed by atoms with E-state index in [1.54, 1.807) is 12.1 Å². The fourth-order valence-corrected chi connectivity index (χ4v) is 2.09. The lowest BCUT2D eigenvalue weighted by Gasteiger charge is -2.26. The molecule has 0 aromatic heterocycles. The minimum Gasteiger partial charge on any atom is -0.456 e. The molecule has 0 heterocycles. The number of rotatable bonds is 6. The summed E-state index contributed by atoms with van der Waals surface area (Å²) < 4.78 is 5.56. The van der Waals surface area contributed by atoms with Crippen LogP contribution in [0.3, 0.4) is 0 Å². The topological polar surface area (TPSA) is 43.4 Å². The summed E-state index contributed by atoms with van der Waals surface area (Å²) in [6.45, 7) is 9.48. The van der Waals surface area contributed by atoms with Gasteiger partial charge in [-0.05, 0) is 57.7 Å². The summed E-state index contributed by atoms with van der Waals surface area (Å²) in [5.74, 6) is -0.0516. The van der Waals surface area contributed by atoms with Gasteiger partial charge in [0.05, 0.1) is 10.6 Å². The molecule has 0 spiro atoms. The van der Waals surface area contributed by atoms with Crippen LogP contribution in [0.2, 0.25) is 5.02 Å². The highest BCUT2D eigenvalue weighted by atomic mass is 35.5. The number of ether oxygens (including phenoxy) is 1. The molecule has 21 heavy (non-hydrogen) atoms. The van der Waals surface area contributed by atoms with E-state index in [0.29, 0.717) is 16.5 Å². The molecule has 0 radical (unpaired) electrons. The van der Waals surface area contributed by atoms with Crippen LogP contribution in [0.15, 0.2) is 18.2 Å². The molecule has 0 amide bonds. The molecule has 0 aliphatic heterocycles. The van der Waals surface area contributed by atoms with Gasteiger partial charge in [0.25, 0.3) is 0 Å². The van der Waals surface area contributed by atoms with Gasteiger partial charge in [0, 0.05) is 5.56 Å². The first-order chi connectivity index (χ1) is 9.62. The van der Waals surface area contributed by atoms with Crippen molar-refractivity contribution in [3.63, 3.8) is 0 Å². The van der Waals surface area contributed by atoms with E-state index in [2.05, 4.69) is 13.8 Å². The normalized spacial score (nSPS) is 11.6. The Balaban J connectivity index is 2.88. The smallest absolute Gasteiger partial charge is 0.340 e. The molecule has 1 rings (SSSR count). The second-order valence-electron chi connectivity index (χ2n) is 6.33. The standard InChI is InChI=1S/C17H23ClO3/c1-11(2)8-9-17(4,5)21-16(20)14-10-13(12(3)19)6-7-15(14)18/h6-7,10-11H,8-9H2,1-5H3. The van der Waals surface area contributed by atoms with Crippen LogP contribution in [0, 0.1) is 5.92 Å². The summed E-state index contributed by atoms with van der Waals surface area (Å²) in [4.78, 5) is 23.7. The lowest BCUT2D eigenvalue weighted by Crippen LogP contribution is -2.28. The van der Waals surface area contributed by atoms with Crippen LogP contribution in [0.4, 0.5) is 0 Å². The minimum atomic E-state index is -0.559. The number of benzene rings is 1. The number of hydrogen-bond donors (Lipinski definition) is 0. The molecule has 1 aromatic carbocycles. The number of esters is 1. The van der Waals surface area contributed by atoms with Crippen molar-refractivity contribution < 1.29 is 14.3 Å². The molecule has 0 fully saturated rings. The van der Waals surface area contributed by atoms with Crippen LogP contribution in [-0.4, -0.2) is 17.4 Å². The van der Waals surface area contributed by atoms with Gasteiger partial charge in [-0.15, -0.1) is 0 Å². The number of carbonyl (C=O) groups excluding carboxylic acids is 2. The molecule has 0 N–H and O–H groups in total. The molecule has 0 aliphatic carbocycles. The van der Waals surface area contributed by atoms with Gasteiger partial charge in [0.1, 0.15) is 5.60 Å². The van der Waals surface area contributed by atoms with Gasteiger partial charge in [-0.3, -0.25) is 4.79 Å². The number of hydrogen-bond acceptors (Lipinski definition) is 3. The van der Waals surface area contributed by atoms with Gasteiger partial charge < -0.3 is 4.74 Å². The van der Waals surface area contributed by atoms with Crippen LogP contribution < -0.4 is 0 Å². The van der Waals surface area contributed by atoms with E-state index in [1.807, 2.05) is 13.8 Å². The number of Topliss-reactive ketones (excluding diaryl/α,β-unsaturated/α-hetero) is 1. The van der Waals surface area contributed by atoms with E-state index in [1.165, 1.54) is 13.0 Å². The van der Waals surface area contributed by atoms with Crippen molar-refractivity contribution >= 4 is 23.4 Å². The third kappa shape index (κ3) is 5.50. The fourth-order valence-electron chi connectivity index (χ4n) is 1.89. The third-order valence-electron chi connectivity index (χ3n) is 3.29. The van der Waals surface area contributed by atoms with Gasteiger partial charge >= 0.3 is 5.97 Å². The van der Waals surface area contributed by atoms with E-state index in [4.69, 9.17) is 16.3 Å². The Morgan fingerprint density at radius 1 is 1.29 bits per heavy atom. The van der Waals surface area contributed by atoms with E-state index < -0.39 is 11.6 Å². The second kappa shape index (κ2) is 7.08. The van der Waals surface area contributed by atoms with E-state index in [0.717, 1.165) is 12.8 Å². The van der Waals surface area contributed by atoms with E-state index >= 15 is 0 Å². The quantitative estimate of drug-likeness (QED) is 0.553. The van der Waals surface area contributed by atoms with Crippen molar-refractivity contribution in [2.24, 2.45) is 5.92 Å². The average Bonchev–Trinajstić information content (AvgIpc) is 2.36. The maximum atomic E-state index is 12.3. The van der Waals surface area contributed by atoms with Gasteiger partial charge in [0.2, 0.25) is 0 Å². The van der Waals surface area contributed by atoms with Crippen LogP contribution in [0.5, 0.6) is 0 Å². The van der Waals surface area contributed by atoms with Crippen LogP contribution in [0.1, 0.15) is 68.2 Å². The molecule has 0 unspecified atom stereocenters. The molecule has 4 heteroatoms. The van der Waals surface area contributed by atoms with E-state index in [-0.39, 0.29) is 11.3 Å². The van der Waals surface area contributed by atoms with Gasteiger partial charge in [-0.2, -0.15) is 0 Å². The lowest BCUT2D eigenvalue weighted by molar-refractivity contribution is -0.00653. The fraction of sp³-hybridized carbons (Fsp3) is 0.529. The molecule has 0 bridgehead atoms. The molecule has 116 valence electrons. The highest BCUT2D eigenvalue weighted by Gasteiger charge is 2.25.